The van der Waals surface area contributed by atoms with Gasteiger partial charge in [0.25, 0.3) is 5.91 Å². The Morgan fingerprint density at radius 3 is 2.89 bits per heavy atom. The number of amides is 2. The largest absolute Gasteiger partial charge is 0.345 e. The van der Waals surface area contributed by atoms with Gasteiger partial charge in [0.15, 0.2) is 5.17 Å². The van der Waals surface area contributed by atoms with Gasteiger partial charge in [-0.1, -0.05) is 43.3 Å². The quantitative estimate of drug-likeness (QED) is 0.753. The third-order valence-corrected chi connectivity index (χ3v) is 5.55. The van der Waals surface area contributed by atoms with Crippen LogP contribution < -0.4 is 5.43 Å². The second-order valence-electron chi connectivity index (χ2n) is 6.65. The molecular formula is C19H24FN5O2S. The van der Waals surface area contributed by atoms with Crippen LogP contribution in [0, 0.1) is 5.82 Å². The van der Waals surface area contributed by atoms with Gasteiger partial charge in [0.2, 0.25) is 12.1 Å². The molecule has 0 aromatic heterocycles. The minimum absolute atomic E-state index is 0.0260. The zero-order chi connectivity index (χ0) is 20.1. The number of hydrogen-bond donors (Lipinski definition) is 1. The van der Waals surface area contributed by atoms with Crippen LogP contribution in [0.25, 0.3) is 0 Å². The van der Waals surface area contributed by atoms with Crippen LogP contribution in [0.3, 0.4) is 0 Å². The number of rotatable bonds is 7. The van der Waals surface area contributed by atoms with Crippen molar-refractivity contribution in [1.82, 2.24) is 20.1 Å². The van der Waals surface area contributed by atoms with Gasteiger partial charge in [-0.05, 0) is 12.5 Å². The summed E-state index contributed by atoms with van der Waals surface area (Å²) in [5.74, 6) is -0.288. The average Bonchev–Trinajstić information content (AvgIpc) is 3.11. The standard InChI is InChI=1S/C19H24FN5O2S/c1-3-4-9-23(2)16(26)13-28-19-22-21-17-18(27)24(10-11-25(17)19)12-14-7-5-6-8-15(14)20/h5-8,10-11,17,21H,3-4,9,12-13H2,1-2H3. The van der Waals surface area contributed by atoms with Crippen LogP contribution in [0.2, 0.25) is 0 Å². The Bertz CT molecular complexity index is 800. The highest BCUT2D eigenvalue weighted by molar-refractivity contribution is 8.14. The van der Waals surface area contributed by atoms with Crippen LogP contribution in [-0.4, -0.2) is 57.2 Å². The Kier molecular flexibility index (Phi) is 6.56. The van der Waals surface area contributed by atoms with Crippen LogP contribution in [0.15, 0.2) is 41.8 Å². The molecule has 1 aromatic rings. The van der Waals surface area contributed by atoms with E-state index in [1.54, 1.807) is 47.4 Å². The summed E-state index contributed by atoms with van der Waals surface area (Å²) >= 11 is 1.29. The average molecular weight is 405 g/mol. The number of unbranched alkanes of at least 4 members (excludes halogenated alkanes) is 1. The lowest BCUT2D eigenvalue weighted by atomic mass is 10.2. The molecule has 0 aliphatic carbocycles. The van der Waals surface area contributed by atoms with Crippen molar-refractivity contribution in [3.05, 3.63) is 48.0 Å². The van der Waals surface area contributed by atoms with Crippen molar-refractivity contribution in [3.8, 4) is 0 Å². The maximum Gasteiger partial charge on any atom is 0.272 e. The van der Waals surface area contributed by atoms with Crippen LogP contribution in [-0.2, 0) is 16.1 Å². The van der Waals surface area contributed by atoms with Crippen molar-refractivity contribution in [1.29, 1.82) is 0 Å². The zero-order valence-corrected chi connectivity index (χ0v) is 16.8. The van der Waals surface area contributed by atoms with Crippen molar-refractivity contribution in [3.63, 3.8) is 0 Å². The summed E-state index contributed by atoms with van der Waals surface area (Å²) in [5, 5.41) is 4.76. The van der Waals surface area contributed by atoms with E-state index < -0.39 is 6.17 Å². The fraction of sp³-hybridized carbons (Fsp3) is 0.421. The molecule has 0 bridgehead atoms. The van der Waals surface area contributed by atoms with E-state index in [2.05, 4.69) is 17.5 Å². The molecule has 9 heteroatoms. The van der Waals surface area contributed by atoms with Gasteiger partial charge < -0.3 is 9.80 Å². The van der Waals surface area contributed by atoms with E-state index >= 15 is 0 Å². The van der Waals surface area contributed by atoms with E-state index in [9.17, 15) is 14.0 Å². The molecule has 150 valence electrons. The topological polar surface area (TPSA) is 68.2 Å². The highest BCUT2D eigenvalue weighted by atomic mass is 32.2. The van der Waals surface area contributed by atoms with Crippen LogP contribution >= 0.6 is 11.8 Å². The Balaban J connectivity index is 1.58. The summed E-state index contributed by atoms with van der Waals surface area (Å²) in [7, 11) is 1.79. The Morgan fingerprint density at radius 1 is 1.36 bits per heavy atom. The normalized spacial score (nSPS) is 18.0. The Morgan fingerprint density at radius 2 is 2.14 bits per heavy atom. The molecule has 1 unspecified atom stereocenters. The van der Waals surface area contributed by atoms with Crippen LogP contribution in [0.1, 0.15) is 25.3 Å². The van der Waals surface area contributed by atoms with E-state index in [1.165, 1.54) is 22.7 Å². The molecule has 2 aliphatic heterocycles. The predicted octanol–water partition coefficient (Wildman–Crippen LogP) is 2.13. The minimum atomic E-state index is -0.674. The molecule has 0 radical (unpaired) electrons. The number of nitrogens with one attached hydrogen (secondary N) is 1. The van der Waals surface area contributed by atoms with E-state index in [-0.39, 0.29) is 29.9 Å². The molecule has 7 nitrogen and oxygen atoms in total. The number of halogens is 1. The fourth-order valence-corrected chi connectivity index (χ4v) is 3.76. The van der Waals surface area contributed by atoms with Crippen molar-refractivity contribution in [2.24, 2.45) is 5.10 Å². The van der Waals surface area contributed by atoms with Gasteiger partial charge in [-0.2, -0.15) is 5.10 Å². The summed E-state index contributed by atoms with van der Waals surface area (Å²) in [6.07, 6.45) is 4.67. The number of hydrogen-bond acceptors (Lipinski definition) is 6. The predicted molar refractivity (Wildman–Crippen MR) is 107 cm³/mol. The van der Waals surface area contributed by atoms with Crippen molar-refractivity contribution < 1.29 is 14.0 Å². The van der Waals surface area contributed by atoms with Gasteiger partial charge in [-0.3, -0.25) is 19.9 Å². The smallest absolute Gasteiger partial charge is 0.272 e. The number of fused-ring (bicyclic) bond motifs is 1. The molecule has 1 N–H and O–H groups in total. The van der Waals surface area contributed by atoms with E-state index in [1.807, 2.05) is 0 Å². The number of carbonyl (C=O) groups is 2. The maximum absolute atomic E-state index is 13.9. The number of hydrazone groups is 1. The third-order valence-electron chi connectivity index (χ3n) is 4.60. The van der Waals surface area contributed by atoms with Crippen LogP contribution in [0.5, 0.6) is 0 Å². The first-order valence-corrected chi connectivity index (χ1v) is 10.2. The van der Waals surface area contributed by atoms with E-state index in [0.717, 1.165) is 19.4 Å². The SMILES string of the molecule is CCCCN(C)C(=O)CSC1=NNC2C(=O)N(Cc3ccccc3F)C=CN12. The second kappa shape index (κ2) is 9.09. The molecule has 0 spiro atoms. The van der Waals surface area contributed by atoms with Gasteiger partial charge >= 0.3 is 0 Å². The number of amidine groups is 1. The molecule has 2 amide bonds. The summed E-state index contributed by atoms with van der Waals surface area (Å²) in [4.78, 5) is 29.8. The highest BCUT2D eigenvalue weighted by Crippen LogP contribution is 2.23. The van der Waals surface area contributed by atoms with Crippen molar-refractivity contribution in [2.75, 3.05) is 19.3 Å². The number of thioether (sulfide) groups is 1. The lowest BCUT2D eigenvalue weighted by Gasteiger charge is -2.32. The maximum atomic E-state index is 13.9. The molecule has 0 saturated heterocycles. The van der Waals surface area contributed by atoms with E-state index in [0.29, 0.717) is 10.7 Å². The first-order valence-electron chi connectivity index (χ1n) is 9.21. The molecule has 1 atom stereocenters. The van der Waals surface area contributed by atoms with E-state index in [4.69, 9.17) is 0 Å². The molecule has 1 aromatic carbocycles. The summed E-state index contributed by atoms with van der Waals surface area (Å²) in [6.45, 7) is 2.97. The van der Waals surface area contributed by atoms with Gasteiger partial charge in [0.1, 0.15) is 5.82 Å². The summed E-state index contributed by atoms with van der Waals surface area (Å²) < 4.78 is 13.9. The number of benzene rings is 1. The Hall–Kier alpha value is -2.55. The lowest BCUT2D eigenvalue weighted by Crippen LogP contribution is -2.51. The minimum Gasteiger partial charge on any atom is -0.345 e. The monoisotopic (exact) mass is 405 g/mol. The van der Waals surface area contributed by atoms with Gasteiger partial charge in [-0.25, -0.2) is 4.39 Å². The zero-order valence-electron chi connectivity index (χ0n) is 16.0. The first-order chi connectivity index (χ1) is 13.5. The molecule has 2 aliphatic rings. The first kappa shape index (κ1) is 20.2. The lowest BCUT2D eigenvalue weighted by molar-refractivity contribution is -0.134. The summed E-state index contributed by atoms with van der Waals surface area (Å²) in [6, 6.07) is 6.39. The molecule has 0 saturated carbocycles. The molecule has 0 fully saturated rings. The number of nitrogens with zero attached hydrogens (tertiary/aromatic N) is 4. The highest BCUT2D eigenvalue weighted by Gasteiger charge is 2.38. The Labute approximate surface area is 168 Å². The van der Waals surface area contributed by atoms with Gasteiger partial charge in [0, 0.05) is 31.6 Å². The number of carbonyl (C=O) groups excluding carboxylic acids is 2. The van der Waals surface area contributed by atoms with Gasteiger partial charge in [0.05, 0.1) is 12.3 Å². The third kappa shape index (κ3) is 4.46. The molecule has 2 heterocycles. The van der Waals surface area contributed by atoms with Gasteiger partial charge in [-0.15, -0.1) is 0 Å². The van der Waals surface area contributed by atoms with Crippen LogP contribution in [0.4, 0.5) is 4.39 Å². The molecule has 3 rings (SSSR count). The second-order valence-corrected chi connectivity index (χ2v) is 7.59. The van der Waals surface area contributed by atoms with Crippen molar-refractivity contribution >= 4 is 28.7 Å². The van der Waals surface area contributed by atoms with Crippen molar-refractivity contribution in [2.45, 2.75) is 32.5 Å². The molecule has 28 heavy (non-hydrogen) atoms. The molecular weight excluding hydrogens is 381 g/mol. The summed E-state index contributed by atoms with van der Waals surface area (Å²) in [5.41, 5.74) is 3.26. The fourth-order valence-electron chi connectivity index (χ4n) is 2.86.